The summed E-state index contributed by atoms with van der Waals surface area (Å²) >= 11 is 18.3. The van der Waals surface area contributed by atoms with Crippen LogP contribution >= 0.6 is 34.8 Å². The van der Waals surface area contributed by atoms with Crippen molar-refractivity contribution in [2.45, 2.75) is 39.7 Å². The Labute approximate surface area is 239 Å². The molecule has 1 amide bonds. The first-order valence-corrected chi connectivity index (χ1v) is 15.6. The van der Waals surface area contributed by atoms with E-state index in [1.807, 2.05) is 70.2 Å². The van der Waals surface area contributed by atoms with Gasteiger partial charge in [0.25, 0.3) is 0 Å². The van der Waals surface area contributed by atoms with Crippen molar-refractivity contribution in [1.82, 2.24) is 5.32 Å². The molecule has 0 unspecified atom stereocenters. The molecule has 5 nitrogen and oxygen atoms in total. The maximum absolute atomic E-state index is 12.2. The zero-order chi connectivity index (χ0) is 26.5. The van der Waals surface area contributed by atoms with Crippen molar-refractivity contribution in [3.8, 4) is 0 Å². The minimum atomic E-state index is -0.549. The molecule has 0 aliphatic rings. The summed E-state index contributed by atoms with van der Waals surface area (Å²) < 4.78 is 7.70. The predicted octanol–water partition coefficient (Wildman–Crippen LogP) is 5.54. The summed E-state index contributed by atoms with van der Waals surface area (Å²) in [6.07, 6.45) is 0.185. The standard InChI is InChI=1S/C27H30Cl3IN3O2/c1-17-14-22(29)23(30)16-25(17)34(31-5)24-11-10-21(33-20-8-6-19(28)7-9-20)15-18(24)12-13-32-26(35)36-27(2,3)4/h6-11,14-16,33H,12-13H2,1-5H3,(H,32,35)/q-1. The number of carbonyl (C=O) groups excluding carboxylic acids is 1. The third-order valence-electron chi connectivity index (χ3n) is 5.11. The van der Waals surface area contributed by atoms with Crippen molar-refractivity contribution in [3.05, 3.63) is 80.8 Å². The molecule has 0 aromatic heterocycles. The van der Waals surface area contributed by atoms with E-state index < -0.39 is 33.2 Å². The number of benzene rings is 3. The van der Waals surface area contributed by atoms with E-state index in [9.17, 15) is 4.79 Å². The molecule has 0 bridgehead atoms. The summed E-state index contributed by atoms with van der Waals surface area (Å²) in [6.45, 7) is 8.00. The molecule has 0 saturated heterocycles. The third-order valence-corrected chi connectivity index (χ3v) is 8.08. The second kappa shape index (κ2) is 12.6. The van der Waals surface area contributed by atoms with Gasteiger partial charge in [0.05, 0.1) is 0 Å². The van der Waals surface area contributed by atoms with E-state index in [2.05, 4.69) is 30.8 Å². The number of aryl methyl sites for hydroxylation is 1. The van der Waals surface area contributed by atoms with Gasteiger partial charge in [0.1, 0.15) is 0 Å². The summed E-state index contributed by atoms with van der Waals surface area (Å²) in [7, 11) is 0. The number of hydrogen-bond donors (Lipinski definition) is 2. The van der Waals surface area contributed by atoms with Gasteiger partial charge < -0.3 is 0 Å². The fraction of sp³-hybridized carbons (Fsp3) is 0.296. The SMILES string of the molecule is C[I-]N(c1cc(Cl)c(Cl)cc1C)c1ccc(Nc2ccc(Cl)cc2)cc1CCNC(=O)OC(C)(C)C. The van der Waals surface area contributed by atoms with E-state index in [4.69, 9.17) is 39.5 Å². The van der Waals surface area contributed by atoms with Crippen LogP contribution in [0.5, 0.6) is 0 Å². The number of alkyl carbamates (subject to hydrolysis) is 1. The molecule has 0 atom stereocenters. The van der Waals surface area contributed by atoms with Crippen LogP contribution in [0.15, 0.2) is 54.6 Å². The van der Waals surface area contributed by atoms with Crippen LogP contribution in [0.1, 0.15) is 31.9 Å². The van der Waals surface area contributed by atoms with Gasteiger partial charge in [0, 0.05) is 0 Å². The molecule has 0 aliphatic carbocycles. The first-order valence-electron chi connectivity index (χ1n) is 11.3. The Morgan fingerprint density at radius 3 is 2.22 bits per heavy atom. The Balaban J connectivity index is 1.93. The average molecular weight is 662 g/mol. The number of nitrogens with zero attached hydrogens (tertiary/aromatic N) is 1. The number of hydrogen-bond acceptors (Lipinski definition) is 4. The van der Waals surface area contributed by atoms with Crippen LogP contribution in [0.4, 0.5) is 27.5 Å². The quantitative estimate of drug-likeness (QED) is 0.189. The van der Waals surface area contributed by atoms with Gasteiger partial charge in [-0.2, -0.15) is 0 Å². The molecule has 194 valence electrons. The van der Waals surface area contributed by atoms with Crippen molar-refractivity contribution < 1.29 is 31.0 Å². The van der Waals surface area contributed by atoms with Gasteiger partial charge in [-0.25, -0.2) is 0 Å². The van der Waals surface area contributed by atoms with Crippen LogP contribution in [0.3, 0.4) is 0 Å². The van der Waals surface area contributed by atoms with Gasteiger partial charge in [-0.15, -0.1) is 0 Å². The first-order chi connectivity index (χ1) is 17.0. The van der Waals surface area contributed by atoms with Crippen molar-refractivity contribution in [2.24, 2.45) is 0 Å². The van der Waals surface area contributed by atoms with E-state index >= 15 is 0 Å². The van der Waals surface area contributed by atoms with Crippen LogP contribution in [0.2, 0.25) is 15.1 Å². The number of ether oxygens (including phenoxy) is 1. The summed E-state index contributed by atoms with van der Waals surface area (Å²) in [5.74, 6) is 0. The van der Waals surface area contributed by atoms with E-state index in [-0.39, 0.29) is 0 Å². The van der Waals surface area contributed by atoms with E-state index in [0.29, 0.717) is 28.0 Å². The molecule has 0 radical (unpaired) electrons. The molecule has 9 heteroatoms. The molecule has 2 N–H and O–H groups in total. The minimum absolute atomic E-state index is 0.398. The first kappa shape index (κ1) is 28.7. The molecule has 3 rings (SSSR count). The molecule has 3 aromatic carbocycles. The molecule has 0 saturated carbocycles. The summed E-state index contributed by atoms with van der Waals surface area (Å²) in [5, 5.41) is 8.05. The number of rotatable bonds is 8. The normalized spacial score (nSPS) is 11.3. The molecule has 0 heterocycles. The predicted molar refractivity (Wildman–Crippen MR) is 148 cm³/mol. The fourth-order valence-electron chi connectivity index (χ4n) is 3.53. The third kappa shape index (κ3) is 8.07. The van der Waals surface area contributed by atoms with Crippen molar-refractivity contribution in [1.29, 1.82) is 0 Å². The maximum atomic E-state index is 12.2. The second-order valence-corrected chi connectivity index (χ2v) is 12.3. The fourth-order valence-corrected chi connectivity index (χ4v) is 6.06. The van der Waals surface area contributed by atoms with Crippen molar-refractivity contribution in [3.63, 3.8) is 0 Å². The number of anilines is 4. The van der Waals surface area contributed by atoms with Gasteiger partial charge >= 0.3 is 240 Å². The van der Waals surface area contributed by atoms with Gasteiger partial charge in [0.15, 0.2) is 0 Å². The monoisotopic (exact) mass is 660 g/mol. The molecular formula is C27H30Cl3IN3O2-. The second-order valence-electron chi connectivity index (χ2n) is 9.16. The van der Waals surface area contributed by atoms with Gasteiger partial charge in [-0.3, -0.25) is 0 Å². The number of halogens is 4. The number of amides is 1. The van der Waals surface area contributed by atoms with Crippen LogP contribution in [-0.4, -0.2) is 23.2 Å². The number of nitrogens with one attached hydrogen (secondary N) is 2. The van der Waals surface area contributed by atoms with E-state index in [0.717, 1.165) is 33.9 Å². The Morgan fingerprint density at radius 1 is 0.944 bits per heavy atom. The zero-order valence-electron chi connectivity index (χ0n) is 20.9. The van der Waals surface area contributed by atoms with E-state index in [1.54, 1.807) is 0 Å². The molecule has 36 heavy (non-hydrogen) atoms. The van der Waals surface area contributed by atoms with Crippen LogP contribution in [-0.2, 0) is 11.2 Å². The average Bonchev–Trinajstić information content (AvgIpc) is 2.79. The Hall–Kier alpha value is -1.87. The van der Waals surface area contributed by atoms with Crippen LogP contribution in [0, 0.1) is 6.92 Å². The summed E-state index contributed by atoms with van der Waals surface area (Å²) in [5.41, 5.74) is 5.55. The zero-order valence-corrected chi connectivity index (χ0v) is 25.3. The molecule has 0 fully saturated rings. The summed E-state index contributed by atoms with van der Waals surface area (Å²) in [6, 6.07) is 17.6. The molecule has 0 spiro atoms. The van der Waals surface area contributed by atoms with Gasteiger partial charge in [-0.1, -0.05) is 0 Å². The number of carbonyl (C=O) groups is 1. The molecule has 3 aromatic rings. The molecule has 0 aliphatic heterocycles. The van der Waals surface area contributed by atoms with Crippen molar-refractivity contribution >= 4 is 63.6 Å². The Morgan fingerprint density at radius 2 is 1.58 bits per heavy atom. The summed E-state index contributed by atoms with van der Waals surface area (Å²) in [4.78, 5) is 14.4. The van der Waals surface area contributed by atoms with Crippen LogP contribution < -0.4 is 35.2 Å². The van der Waals surface area contributed by atoms with Crippen LogP contribution in [0.25, 0.3) is 0 Å². The van der Waals surface area contributed by atoms with Gasteiger partial charge in [0.2, 0.25) is 0 Å². The Bertz CT molecular complexity index is 1210. The Kier molecular flexibility index (Phi) is 10.0. The van der Waals surface area contributed by atoms with Gasteiger partial charge in [-0.05, 0) is 0 Å². The molecular weight excluding hydrogens is 632 g/mol. The topological polar surface area (TPSA) is 53.6 Å². The van der Waals surface area contributed by atoms with Crippen molar-refractivity contribution in [2.75, 3.05) is 19.9 Å². The van der Waals surface area contributed by atoms with E-state index in [1.165, 1.54) is 0 Å². The number of alkyl halides is 1.